The molecule has 0 nitrogen and oxygen atoms in total. The maximum Gasteiger partial charge on any atom is 2.00 e. The molecule has 0 bridgehead atoms. The van der Waals surface area contributed by atoms with Crippen molar-refractivity contribution in [2.45, 2.75) is 0 Å². The Morgan fingerprint density at radius 2 is 1.00 bits per heavy atom. The summed E-state index contributed by atoms with van der Waals surface area (Å²) in [6, 6.07) is 0. The first kappa shape index (κ1) is 10.3. The van der Waals surface area contributed by atoms with Crippen molar-refractivity contribution >= 4 is 74.4 Å². The van der Waals surface area contributed by atoms with Gasteiger partial charge in [-0.05, 0) is 0 Å². The molecule has 0 amide bonds. The van der Waals surface area contributed by atoms with Crippen molar-refractivity contribution < 1.29 is 0 Å². The fourth-order valence-electron chi connectivity index (χ4n) is 0. The molecule has 0 rings (SSSR count). The van der Waals surface area contributed by atoms with Crippen LogP contribution in [0.2, 0.25) is 0 Å². The van der Waals surface area contributed by atoms with E-state index < -0.39 is 0 Å². The van der Waals surface area contributed by atoms with Crippen LogP contribution in [0.5, 0.6) is 0 Å². The number of hydrogen-bond donors (Lipinski definition) is 0. The molecule has 0 saturated carbocycles. The van der Waals surface area contributed by atoms with Gasteiger partial charge in [0.05, 0.1) is 0 Å². The van der Waals surface area contributed by atoms with Gasteiger partial charge in [0, 0.05) is 0 Å². The summed E-state index contributed by atoms with van der Waals surface area (Å²) in [4.78, 5) is 0. The summed E-state index contributed by atoms with van der Waals surface area (Å²) < 4.78 is 0.271. The van der Waals surface area contributed by atoms with Gasteiger partial charge in [-0.15, -0.1) is 47.3 Å². The molecule has 0 aromatic rings. The molecule has 0 fully saturated rings. The Labute approximate surface area is 73.4 Å². The zero-order chi connectivity index (χ0) is 3.58. The topological polar surface area (TPSA) is 0 Å². The maximum absolute atomic E-state index is 3.10. The van der Waals surface area contributed by atoms with Gasteiger partial charge in [-0.1, -0.05) is 0 Å². The second-order valence-electron chi connectivity index (χ2n) is 0.247. The van der Waals surface area contributed by atoms with Crippen molar-refractivity contribution in [3.8, 4) is 0 Å². The van der Waals surface area contributed by atoms with Crippen LogP contribution in [0.15, 0.2) is 0 Å². The van der Waals surface area contributed by atoms with Crippen LogP contribution < -0.4 is 0 Å². The predicted molar refractivity (Wildman–Crippen MR) is 38.3 cm³/mol. The first-order chi connectivity index (χ1) is 1.73. The fraction of sp³-hybridized carbons (Fsp3) is 0. The van der Waals surface area contributed by atoms with Gasteiger partial charge in [-0.2, -0.15) is 0 Å². The SMILES string of the molecule is BrB(Br)Br.[Sn+2]. The average Bonchev–Trinajstić information content (AvgIpc) is 0.811. The molecule has 0 heterocycles. The van der Waals surface area contributed by atoms with Gasteiger partial charge in [0.1, 0.15) is 0 Å². The molecule has 0 saturated heterocycles. The molecule has 0 spiro atoms. The molecular weight excluding hydrogens is 369 g/mol. The first-order valence-corrected chi connectivity index (χ1v) is 3.40. The Morgan fingerprint density at radius 3 is 1.00 bits per heavy atom. The Bertz CT molecular complexity index is 11.6. The Kier molecular flexibility index (Phi) is 13.0. The number of hydrogen-bond acceptors (Lipinski definition) is 0. The molecule has 0 N–H and O–H groups in total. The minimum atomic E-state index is 0. The Hall–Kier alpha value is 2.30. The molecule has 0 aliphatic heterocycles. The quantitative estimate of drug-likeness (QED) is 0.571. The molecule has 5 heteroatoms. The van der Waals surface area contributed by atoms with Crippen molar-refractivity contribution in [2.75, 3.05) is 0 Å². The van der Waals surface area contributed by atoms with Crippen LogP contribution in [0, 0.1) is 0 Å². The van der Waals surface area contributed by atoms with Crippen molar-refractivity contribution in [2.24, 2.45) is 0 Å². The molecule has 0 aliphatic carbocycles. The van der Waals surface area contributed by atoms with Crippen LogP contribution in [-0.2, 0) is 0 Å². The summed E-state index contributed by atoms with van der Waals surface area (Å²) in [6.45, 7) is 0. The van der Waals surface area contributed by atoms with Gasteiger partial charge in [0.2, 0.25) is 0 Å². The Balaban J connectivity index is 0. The molecule has 0 unspecified atom stereocenters. The minimum absolute atomic E-state index is 0. The van der Waals surface area contributed by atoms with Crippen molar-refractivity contribution in [3.05, 3.63) is 0 Å². The first-order valence-electron chi connectivity index (χ1n) is 0.655. The summed E-state index contributed by atoms with van der Waals surface area (Å²) in [7, 11) is 0. The van der Waals surface area contributed by atoms with Gasteiger partial charge in [-0.3, -0.25) is 0 Å². The van der Waals surface area contributed by atoms with E-state index >= 15 is 0 Å². The molecule has 0 aromatic heterocycles. The van der Waals surface area contributed by atoms with E-state index in [1.165, 1.54) is 0 Å². The predicted octanol–water partition coefficient (Wildman–Crippen LogP) is 1.78. The molecule has 26 valence electrons. The van der Waals surface area contributed by atoms with E-state index in [4.69, 9.17) is 0 Å². The van der Waals surface area contributed by atoms with Crippen LogP contribution in [0.25, 0.3) is 0 Å². The van der Waals surface area contributed by atoms with Crippen LogP contribution in [-0.4, -0.2) is 27.1 Å². The molecule has 0 atom stereocenters. The molecule has 5 heavy (non-hydrogen) atoms. The van der Waals surface area contributed by atoms with Gasteiger partial charge in [0.25, 0.3) is 0 Å². The fourth-order valence-corrected chi connectivity index (χ4v) is 0. The maximum atomic E-state index is 3.10. The van der Waals surface area contributed by atoms with E-state index in [0.717, 1.165) is 0 Å². The molecule has 0 aromatic carbocycles. The van der Waals surface area contributed by atoms with Gasteiger partial charge >= 0.3 is 27.1 Å². The average molecular weight is 369 g/mol. The zero-order valence-corrected chi connectivity index (χ0v) is 9.82. The standard InChI is InChI=1S/BBr3.Sn/c2-1(3)4;/q;+2. The summed E-state index contributed by atoms with van der Waals surface area (Å²) >= 11 is 9.31. The van der Waals surface area contributed by atoms with Crippen LogP contribution in [0.4, 0.5) is 0 Å². The van der Waals surface area contributed by atoms with E-state index in [9.17, 15) is 0 Å². The number of halogens is 3. The normalized spacial score (nSPS) is 5.40. The summed E-state index contributed by atoms with van der Waals surface area (Å²) in [5.74, 6) is 0. The van der Waals surface area contributed by atoms with Gasteiger partial charge in [-0.25, -0.2) is 0 Å². The summed E-state index contributed by atoms with van der Waals surface area (Å²) in [5.41, 5.74) is 0. The van der Waals surface area contributed by atoms with Gasteiger partial charge < -0.3 is 0 Å². The molecule has 2 radical (unpaired) electrons. The van der Waals surface area contributed by atoms with Crippen LogP contribution in [0.3, 0.4) is 0 Å². The monoisotopic (exact) mass is 368 g/mol. The van der Waals surface area contributed by atoms with E-state index in [-0.39, 0.29) is 27.1 Å². The summed E-state index contributed by atoms with van der Waals surface area (Å²) in [6.07, 6.45) is 0. The summed E-state index contributed by atoms with van der Waals surface area (Å²) in [5, 5.41) is 0. The molecule has 0 aliphatic rings. The van der Waals surface area contributed by atoms with Crippen molar-refractivity contribution in [3.63, 3.8) is 0 Å². The third-order valence-electron chi connectivity index (χ3n) is 0. The van der Waals surface area contributed by atoms with Crippen molar-refractivity contribution in [1.29, 1.82) is 0 Å². The van der Waals surface area contributed by atoms with E-state index in [1.807, 2.05) is 0 Å². The second kappa shape index (κ2) is 6.30. The van der Waals surface area contributed by atoms with Crippen molar-refractivity contribution in [1.82, 2.24) is 0 Å². The number of rotatable bonds is 0. The molecular formula is BBr3Sn+2. The van der Waals surface area contributed by atoms with Gasteiger partial charge in [0.15, 0.2) is 0 Å². The van der Waals surface area contributed by atoms with Crippen LogP contribution >= 0.6 is 47.3 Å². The van der Waals surface area contributed by atoms with E-state index in [0.29, 0.717) is 0 Å². The van der Waals surface area contributed by atoms with E-state index in [2.05, 4.69) is 47.3 Å². The second-order valence-corrected chi connectivity index (χ2v) is 6.68. The van der Waals surface area contributed by atoms with E-state index in [1.54, 1.807) is 0 Å². The zero-order valence-electron chi connectivity index (χ0n) is 2.21. The third-order valence-corrected chi connectivity index (χ3v) is 0. The smallest absolute Gasteiger partial charge is 0.123 e. The third kappa shape index (κ3) is 22.0. The largest absolute Gasteiger partial charge is 2.00 e. The minimum Gasteiger partial charge on any atom is -0.123 e. The Morgan fingerprint density at radius 1 is 1.00 bits per heavy atom. The van der Waals surface area contributed by atoms with Crippen LogP contribution in [0.1, 0.15) is 0 Å².